The Morgan fingerprint density at radius 1 is 1.04 bits per heavy atom. The van der Waals surface area contributed by atoms with Crippen LogP contribution < -0.4 is 21.9 Å². The van der Waals surface area contributed by atoms with Gasteiger partial charge in [-0.1, -0.05) is 35.5 Å². The maximum atomic E-state index is 6.26. The van der Waals surface area contributed by atoms with Crippen LogP contribution >= 0.6 is 23.4 Å². The number of hydrogen-bond acceptors (Lipinski definition) is 2. The summed E-state index contributed by atoms with van der Waals surface area (Å²) in [5.74, 6) is 0. The van der Waals surface area contributed by atoms with Crippen LogP contribution in [0.3, 0.4) is 0 Å². The van der Waals surface area contributed by atoms with Crippen molar-refractivity contribution in [3.63, 3.8) is 0 Å². The lowest BCUT2D eigenvalue weighted by molar-refractivity contribution is -0.888. The Hall–Kier alpha value is -0.680. The van der Waals surface area contributed by atoms with Crippen molar-refractivity contribution in [3.8, 4) is 0 Å². The average Bonchev–Trinajstić information content (AvgIpc) is 2.54. The zero-order chi connectivity index (χ0) is 16.4. The fourth-order valence-electron chi connectivity index (χ4n) is 2.86. The molecule has 0 aliphatic carbocycles. The summed E-state index contributed by atoms with van der Waals surface area (Å²) in [5, 5.41) is 0.804. The Bertz CT molecular complexity index is 706. The van der Waals surface area contributed by atoms with Crippen molar-refractivity contribution in [1.29, 1.82) is 0 Å². The number of benzene rings is 2. The first-order valence-electron chi connectivity index (χ1n) is 8.16. The normalized spacial score (nSPS) is 13.1. The standard InChI is InChI=1S/C19H24ClN2S.BrH/c1-4-22(2,3)13-7-12-21-16-8-5-6-9-18(16)23-19-11-10-15(20)14-17(19)21;/h5-6,8-11,14H,4,7,12-13H2,1-3H3;1H/q+1;/p-1. The van der Waals surface area contributed by atoms with E-state index in [-0.39, 0.29) is 17.0 Å². The molecule has 0 saturated carbocycles. The first-order chi connectivity index (χ1) is 11.0. The Labute approximate surface area is 165 Å². The molecule has 0 fully saturated rings. The number of halogens is 2. The summed E-state index contributed by atoms with van der Waals surface area (Å²) in [6.07, 6.45) is 1.16. The largest absolute Gasteiger partial charge is 1.00 e. The Morgan fingerprint density at radius 3 is 2.50 bits per heavy atom. The van der Waals surface area contributed by atoms with Gasteiger partial charge in [-0.2, -0.15) is 0 Å². The van der Waals surface area contributed by atoms with E-state index in [0.29, 0.717) is 0 Å². The summed E-state index contributed by atoms with van der Waals surface area (Å²) < 4.78 is 1.06. The minimum atomic E-state index is 0. The van der Waals surface area contributed by atoms with Gasteiger partial charge >= 0.3 is 0 Å². The van der Waals surface area contributed by atoms with Gasteiger partial charge in [-0.15, -0.1) is 0 Å². The highest BCUT2D eigenvalue weighted by Gasteiger charge is 2.24. The van der Waals surface area contributed by atoms with Crippen LogP contribution in [-0.4, -0.2) is 38.2 Å². The lowest BCUT2D eigenvalue weighted by Crippen LogP contribution is -3.00. The topological polar surface area (TPSA) is 3.24 Å². The van der Waals surface area contributed by atoms with Crippen LogP contribution in [0.5, 0.6) is 0 Å². The molecule has 1 aliphatic heterocycles. The van der Waals surface area contributed by atoms with Crippen molar-refractivity contribution >= 4 is 34.7 Å². The van der Waals surface area contributed by atoms with Crippen LogP contribution in [0.4, 0.5) is 11.4 Å². The highest BCUT2D eigenvalue weighted by molar-refractivity contribution is 7.99. The summed E-state index contributed by atoms with van der Waals surface area (Å²) in [5.41, 5.74) is 2.54. The Morgan fingerprint density at radius 2 is 1.75 bits per heavy atom. The second-order valence-electron chi connectivity index (χ2n) is 6.66. The molecule has 24 heavy (non-hydrogen) atoms. The first kappa shape index (κ1) is 19.6. The van der Waals surface area contributed by atoms with Gasteiger partial charge in [-0.25, -0.2) is 0 Å². The van der Waals surface area contributed by atoms with Crippen LogP contribution in [0, 0.1) is 0 Å². The van der Waals surface area contributed by atoms with E-state index in [2.05, 4.69) is 62.3 Å². The smallest absolute Gasteiger partial charge is 0.0799 e. The molecule has 0 amide bonds. The fourth-order valence-corrected chi connectivity index (χ4v) is 4.10. The predicted octanol–water partition coefficient (Wildman–Crippen LogP) is 2.43. The summed E-state index contributed by atoms with van der Waals surface area (Å²) in [7, 11) is 4.59. The van der Waals surface area contributed by atoms with Crippen LogP contribution in [0.1, 0.15) is 13.3 Å². The van der Waals surface area contributed by atoms with E-state index in [9.17, 15) is 0 Å². The van der Waals surface area contributed by atoms with Crippen molar-refractivity contribution in [2.75, 3.05) is 38.6 Å². The molecule has 2 aromatic carbocycles. The van der Waals surface area contributed by atoms with E-state index in [1.807, 2.05) is 17.8 Å². The van der Waals surface area contributed by atoms with Crippen molar-refractivity contribution in [2.45, 2.75) is 23.1 Å². The zero-order valence-electron chi connectivity index (χ0n) is 14.4. The quantitative estimate of drug-likeness (QED) is 0.674. The third kappa shape index (κ3) is 4.29. The van der Waals surface area contributed by atoms with E-state index in [4.69, 9.17) is 11.6 Å². The number of nitrogens with zero attached hydrogens (tertiary/aromatic N) is 2. The van der Waals surface area contributed by atoms with Crippen LogP contribution in [0.15, 0.2) is 52.3 Å². The van der Waals surface area contributed by atoms with Gasteiger partial charge in [0.15, 0.2) is 0 Å². The summed E-state index contributed by atoms with van der Waals surface area (Å²) in [4.78, 5) is 5.05. The fraction of sp³-hybridized carbons (Fsp3) is 0.368. The van der Waals surface area contributed by atoms with Crippen LogP contribution in [-0.2, 0) is 0 Å². The molecule has 0 aromatic heterocycles. The lowest BCUT2D eigenvalue weighted by atomic mass is 10.2. The highest BCUT2D eigenvalue weighted by atomic mass is 79.9. The molecule has 130 valence electrons. The lowest BCUT2D eigenvalue weighted by Gasteiger charge is -2.34. The molecular weight excluding hydrogens is 404 g/mol. The van der Waals surface area contributed by atoms with Gasteiger partial charge in [0.05, 0.1) is 38.6 Å². The molecular formula is C19H24BrClN2S. The molecule has 0 saturated heterocycles. The molecule has 0 atom stereocenters. The number of para-hydroxylation sites is 1. The van der Waals surface area contributed by atoms with Gasteiger partial charge in [0.25, 0.3) is 0 Å². The number of rotatable bonds is 5. The predicted molar refractivity (Wildman–Crippen MR) is 101 cm³/mol. The monoisotopic (exact) mass is 426 g/mol. The van der Waals surface area contributed by atoms with Gasteiger partial charge in [-0.3, -0.25) is 0 Å². The minimum absolute atomic E-state index is 0. The van der Waals surface area contributed by atoms with Gasteiger partial charge in [0.2, 0.25) is 0 Å². The van der Waals surface area contributed by atoms with E-state index in [1.54, 1.807) is 0 Å². The molecule has 1 aliphatic rings. The molecule has 5 heteroatoms. The molecule has 1 heterocycles. The van der Waals surface area contributed by atoms with Crippen molar-refractivity contribution in [3.05, 3.63) is 47.5 Å². The number of anilines is 2. The number of fused-ring (bicyclic) bond motifs is 2. The SMILES string of the molecule is CC[N+](C)(C)CCCN1c2ccccc2Sc2ccc(Cl)cc21.[Br-]. The maximum absolute atomic E-state index is 6.26. The van der Waals surface area contributed by atoms with Gasteiger partial charge in [-0.05, 0) is 37.3 Å². The van der Waals surface area contributed by atoms with Gasteiger partial charge in [0, 0.05) is 27.8 Å². The molecule has 2 aromatic rings. The molecule has 0 spiro atoms. The van der Waals surface area contributed by atoms with E-state index >= 15 is 0 Å². The van der Waals surface area contributed by atoms with Crippen molar-refractivity contribution in [1.82, 2.24) is 0 Å². The average molecular weight is 428 g/mol. The molecule has 2 nitrogen and oxygen atoms in total. The second kappa shape index (κ2) is 8.13. The highest BCUT2D eigenvalue weighted by Crippen LogP contribution is 2.48. The van der Waals surface area contributed by atoms with E-state index < -0.39 is 0 Å². The first-order valence-corrected chi connectivity index (χ1v) is 9.35. The molecule has 3 rings (SSSR count). The molecule has 0 radical (unpaired) electrons. The second-order valence-corrected chi connectivity index (χ2v) is 8.18. The van der Waals surface area contributed by atoms with E-state index in [0.717, 1.165) is 29.0 Å². The van der Waals surface area contributed by atoms with Gasteiger partial charge < -0.3 is 26.4 Å². The van der Waals surface area contributed by atoms with E-state index in [1.165, 1.54) is 27.7 Å². The zero-order valence-corrected chi connectivity index (χ0v) is 17.6. The third-order valence-electron chi connectivity index (χ3n) is 4.59. The summed E-state index contributed by atoms with van der Waals surface area (Å²) >= 11 is 8.09. The molecule has 0 bridgehead atoms. The molecule has 0 N–H and O–H groups in total. The summed E-state index contributed by atoms with van der Waals surface area (Å²) in [6.45, 7) is 5.61. The third-order valence-corrected chi connectivity index (χ3v) is 5.95. The van der Waals surface area contributed by atoms with Crippen LogP contribution in [0.25, 0.3) is 0 Å². The minimum Gasteiger partial charge on any atom is -1.00 e. The Balaban J connectivity index is 0.00000208. The number of quaternary nitrogens is 1. The molecule has 0 unspecified atom stereocenters. The van der Waals surface area contributed by atoms with Crippen molar-refractivity contribution in [2.24, 2.45) is 0 Å². The van der Waals surface area contributed by atoms with Gasteiger partial charge in [0.1, 0.15) is 0 Å². The Kier molecular flexibility index (Phi) is 6.66. The number of hydrogen-bond donors (Lipinski definition) is 0. The van der Waals surface area contributed by atoms with Crippen LogP contribution in [0.2, 0.25) is 5.02 Å². The van der Waals surface area contributed by atoms with Crippen molar-refractivity contribution < 1.29 is 21.5 Å². The summed E-state index contributed by atoms with van der Waals surface area (Å²) in [6, 6.07) is 14.9. The maximum Gasteiger partial charge on any atom is 0.0799 e.